The van der Waals surface area contributed by atoms with Crippen LogP contribution in [0.25, 0.3) is 11.2 Å². The van der Waals surface area contributed by atoms with Crippen LogP contribution in [0.15, 0.2) is 18.3 Å². The van der Waals surface area contributed by atoms with Gasteiger partial charge in [-0.1, -0.05) is 12.1 Å². The molecule has 9 heteroatoms. The molecule has 0 aliphatic carbocycles. The van der Waals surface area contributed by atoms with Crippen molar-refractivity contribution in [3.63, 3.8) is 0 Å². The third-order valence-electron chi connectivity index (χ3n) is 5.01. The van der Waals surface area contributed by atoms with E-state index in [-0.39, 0.29) is 5.91 Å². The molecule has 27 heavy (non-hydrogen) atoms. The van der Waals surface area contributed by atoms with E-state index in [0.29, 0.717) is 29.8 Å². The van der Waals surface area contributed by atoms with Gasteiger partial charge in [0.25, 0.3) is 5.91 Å². The number of pyridine rings is 1. The van der Waals surface area contributed by atoms with Gasteiger partial charge in [-0.05, 0) is 32.1 Å². The molecule has 4 heterocycles. The summed E-state index contributed by atoms with van der Waals surface area (Å²) in [5.41, 5.74) is 3.97. The molecule has 0 fully saturated rings. The lowest BCUT2D eigenvalue weighted by Crippen LogP contribution is -2.30. The van der Waals surface area contributed by atoms with E-state index < -0.39 is 0 Å². The zero-order chi connectivity index (χ0) is 19.0. The fourth-order valence-corrected chi connectivity index (χ4v) is 3.39. The van der Waals surface area contributed by atoms with Gasteiger partial charge in [0.05, 0.1) is 23.5 Å². The van der Waals surface area contributed by atoms with Crippen LogP contribution in [0.3, 0.4) is 0 Å². The van der Waals surface area contributed by atoms with E-state index in [4.69, 9.17) is 5.10 Å². The first-order chi connectivity index (χ1) is 13.0. The number of rotatable bonds is 4. The molecule has 0 spiro atoms. The monoisotopic (exact) mass is 368 g/mol. The number of hydrogen-bond donors (Lipinski definition) is 0. The summed E-state index contributed by atoms with van der Waals surface area (Å²) in [6.45, 7) is 6.01. The van der Waals surface area contributed by atoms with Gasteiger partial charge in [-0.2, -0.15) is 5.10 Å². The highest BCUT2D eigenvalue weighted by atomic mass is 16.2. The van der Waals surface area contributed by atoms with Gasteiger partial charge in [0, 0.05) is 32.9 Å². The van der Waals surface area contributed by atoms with Crippen LogP contribution in [0, 0.1) is 0 Å². The summed E-state index contributed by atoms with van der Waals surface area (Å²) in [5, 5.41) is 12.7. The maximum Gasteiger partial charge on any atom is 0.255 e. The zero-order valence-corrected chi connectivity index (χ0v) is 16.0. The average Bonchev–Trinajstić information content (AvgIpc) is 3.16. The van der Waals surface area contributed by atoms with Crippen molar-refractivity contribution in [1.29, 1.82) is 0 Å². The lowest BCUT2D eigenvalue weighted by molar-refractivity contribution is 0.0745. The smallest absolute Gasteiger partial charge is 0.255 e. The maximum absolute atomic E-state index is 13.0. The van der Waals surface area contributed by atoms with Crippen molar-refractivity contribution in [1.82, 2.24) is 39.6 Å². The topological polar surface area (TPSA) is 85.0 Å². The van der Waals surface area contributed by atoms with E-state index in [1.54, 1.807) is 24.0 Å². The summed E-state index contributed by atoms with van der Waals surface area (Å²) >= 11 is 0. The molecular formula is C18H24N8O. The van der Waals surface area contributed by atoms with Crippen LogP contribution < -0.4 is 0 Å². The van der Waals surface area contributed by atoms with Gasteiger partial charge in [0.2, 0.25) is 0 Å². The van der Waals surface area contributed by atoms with Crippen molar-refractivity contribution < 1.29 is 4.79 Å². The minimum Gasteiger partial charge on any atom is -0.333 e. The van der Waals surface area contributed by atoms with Gasteiger partial charge in [-0.25, -0.2) is 9.67 Å². The van der Waals surface area contributed by atoms with Crippen molar-refractivity contribution in [2.45, 2.75) is 33.0 Å². The third-order valence-corrected chi connectivity index (χ3v) is 5.01. The van der Waals surface area contributed by atoms with Crippen molar-refractivity contribution >= 4 is 17.1 Å². The Morgan fingerprint density at radius 3 is 2.96 bits per heavy atom. The van der Waals surface area contributed by atoms with Gasteiger partial charge in [0.15, 0.2) is 5.65 Å². The van der Waals surface area contributed by atoms with E-state index in [1.807, 2.05) is 9.58 Å². The Balaban J connectivity index is 1.55. The number of nitrogens with zero attached hydrogens (tertiary/aromatic N) is 8. The van der Waals surface area contributed by atoms with Gasteiger partial charge in [-0.15, -0.1) is 5.10 Å². The molecule has 0 unspecified atom stereocenters. The Hall–Kier alpha value is -2.81. The number of aromatic nitrogens is 6. The molecular weight excluding hydrogens is 344 g/mol. The van der Waals surface area contributed by atoms with Crippen LogP contribution in [-0.4, -0.2) is 65.6 Å². The van der Waals surface area contributed by atoms with Crippen molar-refractivity contribution in [3.8, 4) is 0 Å². The third kappa shape index (κ3) is 3.42. The van der Waals surface area contributed by atoms with Crippen LogP contribution in [0.4, 0.5) is 0 Å². The molecule has 0 bridgehead atoms. The fraction of sp³-hybridized carbons (Fsp3) is 0.500. The molecule has 142 valence electrons. The fourth-order valence-electron chi connectivity index (χ4n) is 3.39. The van der Waals surface area contributed by atoms with Crippen LogP contribution in [0.2, 0.25) is 0 Å². The minimum absolute atomic E-state index is 0.0306. The number of carbonyl (C=O) groups excluding carboxylic acids is 1. The van der Waals surface area contributed by atoms with Gasteiger partial charge >= 0.3 is 0 Å². The molecule has 3 aromatic rings. The van der Waals surface area contributed by atoms with Gasteiger partial charge in [-0.3, -0.25) is 9.48 Å². The Labute approximate surface area is 157 Å². The molecule has 1 aliphatic heterocycles. The van der Waals surface area contributed by atoms with Crippen molar-refractivity contribution in [2.24, 2.45) is 7.05 Å². The maximum atomic E-state index is 13.0. The summed E-state index contributed by atoms with van der Waals surface area (Å²) in [4.78, 5) is 21.5. The first kappa shape index (κ1) is 17.6. The van der Waals surface area contributed by atoms with Crippen molar-refractivity contribution in [3.05, 3.63) is 35.3 Å². The Bertz CT molecular complexity index is 975. The molecule has 0 N–H and O–H groups in total. The number of carbonyl (C=O) groups is 1. The molecule has 0 atom stereocenters. The Kier molecular flexibility index (Phi) is 4.61. The van der Waals surface area contributed by atoms with E-state index in [1.165, 1.54) is 0 Å². The van der Waals surface area contributed by atoms with E-state index in [0.717, 1.165) is 37.4 Å². The van der Waals surface area contributed by atoms with Crippen LogP contribution in [0.1, 0.15) is 35.1 Å². The first-order valence-corrected chi connectivity index (χ1v) is 9.24. The second-order valence-corrected chi connectivity index (χ2v) is 7.04. The largest absolute Gasteiger partial charge is 0.333 e. The molecule has 4 rings (SSSR count). The summed E-state index contributed by atoms with van der Waals surface area (Å²) in [7, 11) is 3.86. The SMILES string of the molecule is CCN(C)Cc1cc2n(n1)CCCN(C(=O)c1cnc3c(c1)nnn3C)C2. The standard InChI is InChI=1S/C18H24N8O/c1-4-23(2)11-14-9-15-12-25(6-5-7-26(15)21-14)18(27)13-8-16-17(19-10-13)24(3)22-20-16/h8-10H,4-7,11-12H2,1-3H3. The highest BCUT2D eigenvalue weighted by Crippen LogP contribution is 2.18. The van der Waals surface area contributed by atoms with Crippen LogP contribution in [-0.2, 0) is 26.7 Å². The summed E-state index contributed by atoms with van der Waals surface area (Å²) in [5.74, 6) is -0.0306. The predicted molar refractivity (Wildman–Crippen MR) is 99.9 cm³/mol. The normalized spacial score (nSPS) is 14.6. The van der Waals surface area contributed by atoms with Crippen molar-refractivity contribution in [2.75, 3.05) is 20.1 Å². The summed E-state index contributed by atoms with van der Waals surface area (Å²) < 4.78 is 3.64. The van der Waals surface area contributed by atoms with E-state index in [9.17, 15) is 4.79 Å². The average molecular weight is 368 g/mol. The molecule has 0 saturated carbocycles. The molecule has 9 nitrogen and oxygen atoms in total. The molecule has 1 aliphatic rings. The summed E-state index contributed by atoms with van der Waals surface area (Å²) in [6, 6.07) is 3.88. The van der Waals surface area contributed by atoms with Gasteiger partial charge < -0.3 is 9.80 Å². The Morgan fingerprint density at radius 1 is 1.30 bits per heavy atom. The number of amides is 1. The highest BCUT2D eigenvalue weighted by molar-refractivity contribution is 5.96. The van der Waals surface area contributed by atoms with Gasteiger partial charge in [0.1, 0.15) is 5.52 Å². The summed E-state index contributed by atoms with van der Waals surface area (Å²) in [6.07, 6.45) is 2.49. The second-order valence-electron chi connectivity index (χ2n) is 7.04. The van der Waals surface area contributed by atoms with Crippen LogP contribution >= 0.6 is 0 Å². The minimum atomic E-state index is -0.0306. The Morgan fingerprint density at radius 2 is 2.15 bits per heavy atom. The molecule has 0 radical (unpaired) electrons. The molecule has 0 aromatic carbocycles. The lowest BCUT2D eigenvalue weighted by Gasteiger charge is -2.19. The van der Waals surface area contributed by atoms with E-state index in [2.05, 4.69) is 40.2 Å². The molecule has 0 saturated heterocycles. The first-order valence-electron chi connectivity index (χ1n) is 9.24. The zero-order valence-electron chi connectivity index (χ0n) is 16.0. The second kappa shape index (κ2) is 7.07. The quantitative estimate of drug-likeness (QED) is 0.685. The number of hydrogen-bond acceptors (Lipinski definition) is 6. The highest BCUT2D eigenvalue weighted by Gasteiger charge is 2.23. The predicted octanol–water partition coefficient (Wildman–Crippen LogP) is 1.06. The molecule has 1 amide bonds. The van der Waals surface area contributed by atoms with Crippen LogP contribution in [0.5, 0.6) is 0 Å². The molecule has 3 aromatic heterocycles. The number of fused-ring (bicyclic) bond motifs is 2. The number of aryl methyl sites for hydroxylation is 2. The van der Waals surface area contributed by atoms with E-state index >= 15 is 0 Å². The lowest BCUT2D eigenvalue weighted by atomic mass is 10.2.